The molecule has 2 aromatic rings. The van der Waals surface area contributed by atoms with Crippen molar-refractivity contribution in [3.63, 3.8) is 0 Å². The minimum absolute atomic E-state index is 0.980. The molecule has 0 fully saturated rings. The molecule has 2 heterocycles. The van der Waals surface area contributed by atoms with E-state index in [2.05, 4.69) is 22.5 Å². The number of aromatic nitrogens is 1. The second-order valence-electron chi connectivity index (χ2n) is 2.99. The number of pyridine rings is 1. The third-order valence-corrected chi connectivity index (χ3v) is 2.71. The Morgan fingerprint density at radius 3 is 2.67 bits per heavy atom. The average Bonchev–Trinajstić information content (AvgIpc) is 2.79. The predicted octanol–water partition coefficient (Wildman–Crippen LogP) is 3.87. The number of hydrogen-bond acceptors (Lipinski definition) is 2. The van der Waals surface area contributed by atoms with Crippen molar-refractivity contribution in [2.45, 2.75) is 0 Å². The number of rotatable bonds is 3. The molecule has 2 aromatic heterocycles. The molecule has 0 unspecified atom stereocenters. The third kappa shape index (κ3) is 3.18. The second-order valence-corrected chi connectivity index (χ2v) is 3.97. The topological polar surface area (TPSA) is 12.9 Å². The minimum Gasteiger partial charge on any atom is -0.257 e. The fraction of sp³-hybridized carbons (Fsp3) is 0. The molecule has 0 aliphatic rings. The predicted molar refractivity (Wildman–Crippen MR) is 66.6 cm³/mol. The first kappa shape index (κ1) is 9.87. The van der Waals surface area contributed by atoms with Gasteiger partial charge in [0.15, 0.2) is 0 Å². The van der Waals surface area contributed by atoms with Crippen LogP contribution in [0.3, 0.4) is 0 Å². The number of thiophene rings is 1. The summed E-state index contributed by atoms with van der Waals surface area (Å²) >= 11 is 1.73. The molecule has 0 aromatic carbocycles. The van der Waals surface area contributed by atoms with E-state index >= 15 is 0 Å². The first-order valence-corrected chi connectivity index (χ1v) is 5.62. The van der Waals surface area contributed by atoms with E-state index in [0.717, 1.165) is 5.69 Å². The Bertz CT molecular complexity index is 441. The van der Waals surface area contributed by atoms with Crippen LogP contribution in [0.2, 0.25) is 0 Å². The van der Waals surface area contributed by atoms with E-state index in [1.54, 1.807) is 17.5 Å². The van der Waals surface area contributed by atoms with Crippen molar-refractivity contribution in [3.05, 3.63) is 64.6 Å². The summed E-state index contributed by atoms with van der Waals surface area (Å²) < 4.78 is 0. The molecular formula is C13H11NS. The molecule has 2 rings (SSSR count). The minimum atomic E-state index is 0.980. The molecule has 2 heteroatoms. The summed E-state index contributed by atoms with van der Waals surface area (Å²) in [5.41, 5.74) is 0.980. The molecular weight excluding hydrogens is 202 g/mol. The zero-order valence-corrected chi connectivity index (χ0v) is 9.02. The number of nitrogens with zero attached hydrogens (tertiary/aromatic N) is 1. The normalized spacial score (nSPS) is 11.5. The van der Waals surface area contributed by atoms with Gasteiger partial charge in [-0.15, -0.1) is 11.3 Å². The van der Waals surface area contributed by atoms with Crippen molar-refractivity contribution in [1.29, 1.82) is 0 Å². The molecule has 0 radical (unpaired) electrons. The van der Waals surface area contributed by atoms with Gasteiger partial charge >= 0.3 is 0 Å². The molecule has 0 amide bonds. The maximum absolute atomic E-state index is 4.20. The van der Waals surface area contributed by atoms with Crippen molar-refractivity contribution in [2.24, 2.45) is 0 Å². The van der Waals surface area contributed by atoms with Gasteiger partial charge in [0.05, 0.1) is 5.69 Å². The maximum Gasteiger partial charge on any atom is 0.0629 e. The fourth-order valence-corrected chi connectivity index (χ4v) is 1.79. The van der Waals surface area contributed by atoms with Crippen molar-refractivity contribution in [3.8, 4) is 0 Å². The van der Waals surface area contributed by atoms with Crippen LogP contribution in [0.15, 0.2) is 54.1 Å². The van der Waals surface area contributed by atoms with Gasteiger partial charge in [-0.05, 0) is 35.7 Å². The molecule has 1 nitrogen and oxygen atoms in total. The quantitative estimate of drug-likeness (QED) is 0.705. The lowest BCUT2D eigenvalue weighted by molar-refractivity contribution is 1.30. The smallest absolute Gasteiger partial charge is 0.0629 e. The summed E-state index contributed by atoms with van der Waals surface area (Å²) in [6.07, 6.45) is 9.90. The van der Waals surface area contributed by atoms with Gasteiger partial charge < -0.3 is 0 Å². The van der Waals surface area contributed by atoms with Gasteiger partial charge in [0.2, 0.25) is 0 Å². The number of hydrogen-bond donors (Lipinski definition) is 0. The van der Waals surface area contributed by atoms with Crippen LogP contribution < -0.4 is 0 Å². The Morgan fingerprint density at radius 1 is 1.00 bits per heavy atom. The van der Waals surface area contributed by atoms with E-state index < -0.39 is 0 Å². The Labute approximate surface area is 93.4 Å². The Morgan fingerprint density at radius 2 is 1.93 bits per heavy atom. The van der Waals surface area contributed by atoms with E-state index in [1.807, 2.05) is 42.5 Å². The largest absolute Gasteiger partial charge is 0.257 e. The van der Waals surface area contributed by atoms with Gasteiger partial charge in [0, 0.05) is 11.1 Å². The molecule has 0 aliphatic carbocycles. The second kappa shape index (κ2) is 5.27. The van der Waals surface area contributed by atoms with Crippen LogP contribution in [-0.4, -0.2) is 4.98 Å². The van der Waals surface area contributed by atoms with Gasteiger partial charge in [0.25, 0.3) is 0 Å². The maximum atomic E-state index is 4.20. The highest BCUT2D eigenvalue weighted by Crippen LogP contribution is 2.10. The highest BCUT2D eigenvalue weighted by Gasteiger charge is 1.83. The van der Waals surface area contributed by atoms with Crippen molar-refractivity contribution in [1.82, 2.24) is 4.98 Å². The Balaban J connectivity index is 1.96. The lowest BCUT2D eigenvalue weighted by atomic mass is 10.3. The molecule has 0 saturated carbocycles. The summed E-state index contributed by atoms with van der Waals surface area (Å²) in [6, 6.07) is 10.0. The Kier molecular flexibility index (Phi) is 3.47. The van der Waals surface area contributed by atoms with Crippen molar-refractivity contribution in [2.75, 3.05) is 0 Å². The molecule has 74 valence electrons. The van der Waals surface area contributed by atoms with E-state index in [1.165, 1.54) is 4.88 Å². The van der Waals surface area contributed by atoms with Crippen LogP contribution in [0.5, 0.6) is 0 Å². The van der Waals surface area contributed by atoms with Gasteiger partial charge in [-0.3, -0.25) is 4.98 Å². The highest BCUT2D eigenvalue weighted by atomic mass is 32.1. The average molecular weight is 213 g/mol. The monoisotopic (exact) mass is 213 g/mol. The summed E-state index contributed by atoms with van der Waals surface area (Å²) in [7, 11) is 0. The van der Waals surface area contributed by atoms with Gasteiger partial charge in [0.1, 0.15) is 0 Å². The van der Waals surface area contributed by atoms with E-state index in [9.17, 15) is 0 Å². The first-order chi connectivity index (χ1) is 7.45. The third-order valence-electron chi connectivity index (χ3n) is 1.87. The van der Waals surface area contributed by atoms with Gasteiger partial charge in [-0.2, -0.15) is 0 Å². The highest BCUT2D eigenvalue weighted by molar-refractivity contribution is 7.10. The zero-order valence-electron chi connectivity index (χ0n) is 8.21. The van der Waals surface area contributed by atoms with E-state index in [4.69, 9.17) is 0 Å². The zero-order chi connectivity index (χ0) is 10.3. The van der Waals surface area contributed by atoms with Crippen LogP contribution in [0.4, 0.5) is 0 Å². The molecule has 0 spiro atoms. The van der Waals surface area contributed by atoms with Crippen molar-refractivity contribution < 1.29 is 0 Å². The molecule has 15 heavy (non-hydrogen) atoms. The standard InChI is InChI=1S/C13H11NS/c1(2-8-13-9-5-11-15-13)6-12-7-3-4-10-14-12/h1-11H. The van der Waals surface area contributed by atoms with Gasteiger partial charge in [-0.25, -0.2) is 0 Å². The van der Waals surface area contributed by atoms with Crippen LogP contribution >= 0.6 is 11.3 Å². The molecule has 0 aliphatic heterocycles. The number of allylic oxidation sites excluding steroid dienone is 2. The molecule has 0 bridgehead atoms. The summed E-state index contributed by atoms with van der Waals surface area (Å²) in [5.74, 6) is 0. The SMILES string of the molecule is C(C=Cc1cccs1)=Cc1ccccn1. The summed E-state index contributed by atoms with van der Waals surface area (Å²) in [4.78, 5) is 5.46. The molecule has 0 atom stereocenters. The summed E-state index contributed by atoms with van der Waals surface area (Å²) in [5, 5.41) is 2.07. The van der Waals surface area contributed by atoms with E-state index in [0.29, 0.717) is 0 Å². The van der Waals surface area contributed by atoms with Crippen LogP contribution in [0.25, 0.3) is 12.2 Å². The fourth-order valence-electron chi connectivity index (χ4n) is 1.17. The lowest BCUT2D eigenvalue weighted by Gasteiger charge is -1.87. The first-order valence-electron chi connectivity index (χ1n) is 4.74. The van der Waals surface area contributed by atoms with Crippen molar-refractivity contribution >= 4 is 23.5 Å². The molecule has 0 N–H and O–H groups in total. The van der Waals surface area contributed by atoms with E-state index in [-0.39, 0.29) is 0 Å². The molecule has 0 saturated heterocycles. The van der Waals surface area contributed by atoms with Crippen LogP contribution in [0.1, 0.15) is 10.6 Å². The van der Waals surface area contributed by atoms with Crippen LogP contribution in [0, 0.1) is 0 Å². The lowest BCUT2D eigenvalue weighted by Crippen LogP contribution is -1.74. The van der Waals surface area contributed by atoms with Crippen LogP contribution in [-0.2, 0) is 0 Å². The summed E-state index contributed by atoms with van der Waals surface area (Å²) in [6.45, 7) is 0. The Hall–Kier alpha value is -1.67. The van der Waals surface area contributed by atoms with Gasteiger partial charge in [-0.1, -0.05) is 24.3 Å².